The second-order valence-corrected chi connectivity index (χ2v) is 38.7. The number of likely N-dealkylation sites (tertiary alicyclic amines) is 1. The van der Waals surface area contributed by atoms with Gasteiger partial charge in [0.2, 0.25) is 82.7 Å². The second kappa shape index (κ2) is 69.2. The van der Waals surface area contributed by atoms with Crippen LogP contribution < -0.4 is 69.1 Å². The van der Waals surface area contributed by atoms with E-state index in [1.54, 1.807) is 68.2 Å². The zero-order chi connectivity index (χ0) is 111. The zero-order valence-electron chi connectivity index (χ0n) is 87.1. The molecule has 1 fully saturated rings. The number of benzene rings is 1. The summed E-state index contributed by atoms with van der Waals surface area (Å²) in [5.74, 6) is -17.1. The number of rotatable bonds is 73. The van der Waals surface area contributed by atoms with E-state index in [2.05, 4.69) is 69.1 Å². The number of esters is 1. The van der Waals surface area contributed by atoms with Crippen LogP contribution in [0.2, 0.25) is 0 Å². The summed E-state index contributed by atoms with van der Waals surface area (Å²) >= 11 is 0. The van der Waals surface area contributed by atoms with Crippen molar-refractivity contribution in [1.82, 2.24) is 83.8 Å². The van der Waals surface area contributed by atoms with E-state index in [1.165, 1.54) is 21.1 Å². The maximum atomic E-state index is 14.7. The van der Waals surface area contributed by atoms with Crippen LogP contribution in [0.3, 0.4) is 0 Å². The van der Waals surface area contributed by atoms with Crippen LogP contribution in [0, 0.1) is 35.0 Å². The van der Waals surface area contributed by atoms with E-state index in [1.807, 2.05) is 67.2 Å². The number of amides is 15. The van der Waals surface area contributed by atoms with Gasteiger partial charge in [-0.2, -0.15) is 0 Å². The first-order valence-electron chi connectivity index (χ1n) is 49.4. The number of aliphatic hydroxyl groups is 10. The molecular weight excluding hydrogens is 1940 g/mol. The molecule has 2 rings (SSSR count). The molecule has 24 N–H and O–H groups in total. The second-order valence-electron chi connectivity index (χ2n) is 38.7. The molecule has 0 spiro atoms. The number of carbonyl (C=O) groups excluding carboxylic acids is 18. The van der Waals surface area contributed by atoms with E-state index in [0.29, 0.717) is 38.0 Å². The molecule has 51 nitrogen and oxygen atoms in total. The molecule has 0 bridgehead atoms. The van der Waals surface area contributed by atoms with Gasteiger partial charge in [-0.3, -0.25) is 86.4 Å². The Morgan fingerprint density at radius 3 is 1.57 bits per heavy atom. The highest BCUT2D eigenvalue weighted by Gasteiger charge is 2.45. The largest absolute Gasteiger partial charge is 0.480 e. The minimum Gasteiger partial charge on any atom is -0.480 e. The molecule has 51 heteroatoms. The summed E-state index contributed by atoms with van der Waals surface area (Å²) in [5, 5.41) is 141. The highest BCUT2D eigenvalue weighted by molar-refractivity contribution is 5.96. The number of ether oxygens (including phenoxy) is 5. The Kier molecular flexibility index (Phi) is 62.0. The van der Waals surface area contributed by atoms with Gasteiger partial charge in [0.1, 0.15) is 85.0 Å². The van der Waals surface area contributed by atoms with Crippen molar-refractivity contribution in [3.05, 3.63) is 35.9 Å². The molecule has 21 atom stereocenters. The van der Waals surface area contributed by atoms with Crippen LogP contribution >= 0.6 is 0 Å². The van der Waals surface area contributed by atoms with Gasteiger partial charge in [0.15, 0.2) is 0 Å². The number of aliphatic hydroxyl groups excluding tert-OH is 10. The van der Waals surface area contributed by atoms with E-state index in [0.717, 1.165) is 0 Å². The van der Waals surface area contributed by atoms with Crippen molar-refractivity contribution in [2.45, 2.75) is 288 Å². The SMILES string of the molecule is CC[C@H](C)[C@@H]([C@@H](CC(=O)N1CCC[C@H]1[C@H](OC)[C@@H](C)C(=O)N[C@@H](Cc1ccccc1)C(=O)NCCCOC(=O)C(C)CC(=O)CCC(NC(=O)CCNC(=O)OCC(NC(=O)CNC(=O)CNC(=O)CNC(=O)CNC(=O)CCNC(=O)CCOCC(C)(C)C)C(=O)NC(CCC(=O)CC[C@H](O)[C@@H](O)[C@H](O)[C@H](O)CO)C(=O)NC[C@H](O)[C@@H](O)[C@H](O)[C@H](O)CO)C(=O)O)OC)N(C)C(=O)C(NC(=O)[C@H](C(C)C)N(C)C)C(C)C. The first kappa shape index (κ1) is 132. The van der Waals surface area contributed by atoms with E-state index in [-0.39, 0.29) is 105 Å². The molecule has 15 amide bonds. The molecule has 1 aliphatic heterocycles. The Balaban J connectivity index is 2.19. The van der Waals surface area contributed by atoms with Crippen molar-refractivity contribution in [2.24, 2.45) is 35.0 Å². The Labute approximate surface area is 856 Å². The Morgan fingerprint density at radius 2 is 1.02 bits per heavy atom. The molecule has 1 aromatic rings. The number of hydrogen-bond donors (Lipinski definition) is 24. The van der Waals surface area contributed by atoms with Crippen molar-refractivity contribution < 1.29 is 171 Å². The molecule has 1 heterocycles. The van der Waals surface area contributed by atoms with Crippen LogP contribution in [0.5, 0.6) is 0 Å². The quantitative estimate of drug-likeness (QED) is 0.0213. The number of aliphatic carboxylic acids is 1. The van der Waals surface area contributed by atoms with Gasteiger partial charge >= 0.3 is 18.0 Å². The Hall–Kier alpha value is -11.2. The number of nitrogens with one attached hydrogen (secondary N) is 13. The fourth-order valence-electron chi connectivity index (χ4n) is 15.7. The predicted molar refractivity (Wildman–Crippen MR) is 525 cm³/mol. The lowest BCUT2D eigenvalue weighted by Crippen LogP contribution is -2.59. The summed E-state index contributed by atoms with van der Waals surface area (Å²) in [5.41, 5.74) is 0.599. The fraction of sp³-hybridized carbons (Fsp3) is 0.740. The number of carbonyl (C=O) groups is 19. The number of alkyl carbamates (subject to hydrolysis) is 1. The van der Waals surface area contributed by atoms with E-state index >= 15 is 0 Å². The number of hydrogen-bond acceptors (Lipinski definition) is 35. The topological polar surface area (TPSA) is 759 Å². The first-order valence-corrected chi connectivity index (χ1v) is 49.4. The molecule has 1 aliphatic rings. The summed E-state index contributed by atoms with van der Waals surface area (Å²) in [6.45, 7) is 12.9. The standard InChI is InChI=1S/C96H162N16O35/c1-17-55(6)81(111(14)92(138)79(53(2)3)109-91(137)80(54(4)5)110(12)13)70(143-15)43-78(128)112-38-21-25-65(112)86(144-16)57(8)87(133)108-63(42-58-23-19-18-20-24-58)89(135)98-35-22-39-146-94(141)56(7)41-60(116)27-30-62(93(139)140)105-73(123)33-37-99-95(142)147-51-64(106-77(127)48-103-76(126)47-102-75(125)46-101-74(124)45-100-71(121)32-36-97-72(122)34-40-145-52-96(9,10)11)90(136)107-61(88(134)104-44-67(118)83(130)85(132)69(120)50-114)29-26-59(115)28-31-66(117)82(129)84(131)68(119)49-113/h18-20,23-24,53-57,61-70,79-86,113-114,117-120,129-132H,17,21-22,25-52H2,1-16H3,(H,97,122)(H,98,135)(H,99,142)(H,100,121)(H,101,124)(H,102,125)(H,103,126)(H,104,134)(H,105,123)(H,106,127)(H,107,136)(H,108,133)(H,109,137)(H,139,140)/t55-,56?,57+,61?,62?,63-,64?,65-,66-,67-,68+,69+,70+,79?,80-,81-,82+,83+,84+,85+,86+/m0/s1. The average molecular weight is 2100 g/mol. The van der Waals surface area contributed by atoms with Gasteiger partial charge in [-0.1, -0.05) is 113 Å². The van der Waals surface area contributed by atoms with Crippen LogP contribution in [0.1, 0.15) is 178 Å². The highest BCUT2D eigenvalue weighted by Crippen LogP contribution is 2.31. The minimum atomic E-state index is -2.24. The van der Waals surface area contributed by atoms with Gasteiger partial charge in [0.05, 0.1) is 120 Å². The summed E-state index contributed by atoms with van der Waals surface area (Å²) in [6.07, 6.45) is -22.7. The van der Waals surface area contributed by atoms with Gasteiger partial charge in [-0.05, 0) is 81.4 Å². The third-order valence-electron chi connectivity index (χ3n) is 24.3. The molecule has 1 saturated heterocycles. The molecule has 147 heavy (non-hydrogen) atoms. The lowest BCUT2D eigenvalue weighted by atomic mass is 9.89. The van der Waals surface area contributed by atoms with Crippen molar-refractivity contribution >= 4 is 112 Å². The lowest BCUT2D eigenvalue weighted by Gasteiger charge is -2.41. The van der Waals surface area contributed by atoms with Crippen LogP contribution in [-0.2, 0) is 116 Å². The molecule has 0 aliphatic carbocycles. The Bertz CT molecular complexity index is 4340. The monoisotopic (exact) mass is 2100 g/mol. The summed E-state index contributed by atoms with van der Waals surface area (Å²) in [6, 6.07) is -0.574. The highest BCUT2D eigenvalue weighted by atomic mass is 16.6. The molecule has 1 aromatic carbocycles. The number of carboxylic acid groups (broad SMARTS) is 1. The van der Waals surface area contributed by atoms with Crippen LogP contribution in [0.25, 0.3) is 0 Å². The summed E-state index contributed by atoms with van der Waals surface area (Å²) in [4.78, 5) is 259. The van der Waals surface area contributed by atoms with Gasteiger partial charge < -0.3 is 159 Å². The number of methoxy groups -OCH3 is 2. The van der Waals surface area contributed by atoms with Gasteiger partial charge in [0.25, 0.3) is 0 Å². The van der Waals surface area contributed by atoms with Crippen molar-refractivity contribution in [1.29, 1.82) is 0 Å². The molecule has 836 valence electrons. The normalized spacial score (nSPS) is 16.7. The van der Waals surface area contributed by atoms with E-state index < -0.39 is 320 Å². The minimum absolute atomic E-state index is 0.0495. The predicted octanol–water partition coefficient (Wildman–Crippen LogP) is -7.02. The molecule has 0 saturated carbocycles. The first-order chi connectivity index (χ1) is 69.1. The van der Waals surface area contributed by atoms with E-state index in [9.17, 15) is 142 Å². The van der Waals surface area contributed by atoms with Crippen LogP contribution in [0.15, 0.2) is 30.3 Å². The number of likely N-dealkylation sites (N-methyl/N-ethyl adjacent to an activating group) is 2. The number of nitrogens with zero attached hydrogens (tertiary/aromatic N) is 3. The third kappa shape index (κ3) is 50.1. The smallest absolute Gasteiger partial charge is 0.407 e. The fourth-order valence-corrected chi connectivity index (χ4v) is 15.7. The maximum Gasteiger partial charge on any atom is 0.407 e. The zero-order valence-corrected chi connectivity index (χ0v) is 87.1. The number of ketones is 2. The molecule has 0 aromatic heterocycles. The third-order valence-corrected chi connectivity index (χ3v) is 24.3. The number of carboxylic acids is 1. The lowest BCUT2D eigenvalue weighted by molar-refractivity contribution is -0.149. The van der Waals surface area contributed by atoms with Crippen molar-refractivity contribution in [3.8, 4) is 0 Å². The van der Waals surface area contributed by atoms with Gasteiger partial charge in [0, 0.05) is 105 Å². The average Bonchev–Trinajstić information content (AvgIpc) is 1.73. The van der Waals surface area contributed by atoms with Crippen molar-refractivity contribution in [3.63, 3.8) is 0 Å². The van der Waals surface area contributed by atoms with Crippen LogP contribution in [-0.4, -0.2) is 426 Å². The van der Waals surface area contributed by atoms with Crippen molar-refractivity contribution in [2.75, 3.05) is 134 Å². The van der Waals surface area contributed by atoms with Gasteiger partial charge in [-0.25, -0.2) is 9.59 Å². The van der Waals surface area contributed by atoms with E-state index in [4.69, 9.17) is 28.8 Å². The summed E-state index contributed by atoms with van der Waals surface area (Å²) < 4.78 is 28.1. The number of Topliss-reactive ketones (excluding diaryl/α,β-unsaturated/α-hetero) is 2. The Morgan fingerprint density at radius 1 is 0.497 bits per heavy atom. The maximum absolute atomic E-state index is 14.7. The van der Waals surface area contributed by atoms with Crippen LogP contribution in [0.4, 0.5) is 4.79 Å². The summed E-state index contributed by atoms with van der Waals surface area (Å²) in [7, 11) is 8.18. The molecular formula is C96H162N16O35. The van der Waals surface area contributed by atoms with Gasteiger partial charge in [-0.15, -0.1) is 0 Å². The molecule has 5 unspecified atom stereocenters. The molecule has 0 radical (unpaired) electrons.